The lowest BCUT2D eigenvalue weighted by atomic mass is 10.3. The standard InChI is InChI=1S/C12H15BrClNO2.C2H2O4/c13-11-9-10(14)1-2-12(11)17-8-5-15-3-6-16-7-4-15;3-1(4)2(5)6/h1-2,9H,3-8H2;(H,3,4)(H,5,6). The highest BCUT2D eigenvalue weighted by Crippen LogP contribution is 2.27. The Kier molecular flexibility index (Phi) is 8.93. The molecule has 0 aromatic heterocycles. The highest BCUT2D eigenvalue weighted by atomic mass is 79.9. The number of carboxylic acid groups (broad SMARTS) is 2. The van der Waals surface area contributed by atoms with Crippen molar-refractivity contribution in [1.82, 2.24) is 4.90 Å². The number of nitrogens with zero attached hydrogens (tertiary/aromatic N) is 1. The quantitative estimate of drug-likeness (QED) is 0.733. The van der Waals surface area contributed by atoms with Gasteiger partial charge in [0.05, 0.1) is 17.7 Å². The summed E-state index contributed by atoms with van der Waals surface area (Å²) in [7, 11) is 0. The number of aliphatic carboxylic acids is 2. The smallest absolute Gasteiger partial charge is 0.414 e. The summed E-state index contributed by atoms with van der Waals surface area (Å²) in [5, 5.41) is 15.5. The topological polar surface area (TPSA) is 96.3 Å². The van der Waals surface area contributed by atoms with Gasteiger partial charge in [0, 0.05) is 24.7 Å². The van der Waals surface area contributed by atoms with Crippen LogP contribution in [-0.4, -0.2) is 66.5 Å². The van der Waals surface area contributed by atoms with Crippen LogP contribution < -0.4 is 4.74 Å². The van der Waals surface area contributed by atoms with E-state index in [0.29, 0.717) is 11.6 Å². The molecule has 0 aliphatic carbocycles. The van der Waals surface area contributed by atoms with Gasteiger partial charge in [0.2, 0.25) is 0 Å². The van der Waals surface area contributed by atoms with E-state index in [1.807, 2.05) is 18.2 Å². The fourth-order valence-corrected chi connectivity index (χ4v) is 2.50. The minimum atomic E-state index is -1.82. The molecule has 23 heavy (non-hydrogen) atoms. The van der Waals surface area contributed by atoms with Crippen LogP contribution >= 0.6 is 27.5 Å². The van der Waals surface area contributed by atoms with Gasteiger partial charge in [-0.05, 0) is 34.1 Å². The number of rotatable bonds is 4. The van der Waals surface area contributed by atoms with Crippen LogP contribution in [0.5, 0.6) is 5.75 Å². The molecule has 1 aliphatic rings. The predicted octanol–water partition coefficient (Wildman–Crippen LogP) is 1.97. The molecule has 2 rings (SSSR count). The van der Waals surface area contributed by atoms with Crippen molar-refractivity contribution in [3.8, 4) is 5.75 Å². The Hall–Kier alpha value is -1.35. The Morgan fingerprint density at radius 1 is 1.26 bits per heavy atom. The number of carbonyl (C=O) groups is 2. The Labute approximate surface area is 146 Å². The third-order valence-electron chi connectivity index (χ3n) is 2.85. The van der Waals surface area contributed by atoms with Gasteiger partial charge >= 0.3 is 11.9 Å². The number of hydrogen-bond acceptors (Lipinski definition) is 5. The summed E-state index contributed by atoms with van der Waals surface area (Å²) in [6, 6.07) is 5.55. The van der Waals surface area contributed by atoms with E-state index < -0.39 is 11.9 Å². The molecule has 1 fully saturated rings. The number of ether oxygens (including phenoxy) is 2. The van der Waals surface area contributed by atoms with E-state index in [1.165, 1.54) is 0 Å². The van der Waals surface area contributed by atoms with E-state index in [1.54, 1.807) is 0 Å². The van der Waals surface area contributed by atoms with E-state index in [-0.39, 0.29) is 0 Å². The zero-order valence-corrected chi connectivity index (χ0v) is 14.5. The first kappa shape index (κ1) is 19.7. The molecular formula is C14H17BrClNO6. The van der Waals surface area contributed by atoms with Crippen molar-refractivity contribution in [2.45, 2.75) is 0 Å². The van der Waals surface area contributed by atoms with Crippen LogP contribution in [0.25, 0.3) is 0 Å². The third-order valence-corrected chi connectivity index (χ3v) is 3.70. The molecule has 0 bridgehead atoms. The molecule has 0 amide bonds. The van der Waals surface area contributed by atoms with Crippen molar-refractivity contribution in [2.24, 2.45) is 0 Å². The van der Waals surface area contributed by atoms with Gasteiger partial charge in [-0.25, -0.2) is 9.59 Å². The van der Waals surface area contributed by atoms with Gasteiger partial charge in [-0.15, -0.1) is 0 Å². The maximum absolute atomic E-state index is 9.10. The Bertz CT molecular complexity index is 524. The first-order valence-electron chi connectivity index (χ1n) is 6.74. The Balaban J connectivity index is 0.000000379. The third kappa shape index (κ3) is 8.17. The second-order valence-electron chi connectivity index (χ2n) is 4.49. The average molecular weight is 411 g/mol. The second-order valence-corrected chi connectivity index (χ2v) is 5.78. The normalized spacial score (nSPS) is 14.5. The minimum Gasteiger partial charge on any atom is -0.491 e. The van der Waals surface area contributed by atoms with Crippen molar-refractivity contribution in [1.29, 1.82) is 0 Å². The van der Waals surface area contributed by atoms with Crippen molar-refractivity contribution in [3.63, 3.8) is 0 Å². The van der Waals surface area contributed by atoms with E-state index in [4.69, 9.17) is 40.9 Å². The SMILES string of the molecule is Clc1ccc(OCCN2CCOCC2)c(Br)c1.O=C(O)C(=O)O. The molecule has 2 N–H and O–H groups in total. The number of morpholine rings is 1. The summed E-state index contributed by atoms with van der Waals surface area (Å²) in [6.45, 7) is 5.24. The molecule has 128 valence electrons. The molecular weight excluding hydrogens is 394 g/mol. The molecule has 0 saturated carbocycles. The fourth-order valence-electron chi connectivity index (χ4n) is 1.70. The van der Waals surface area contributed by atoms with Gasteiger partial charge < -0.3 is 19.7 Å². The molecule has 1 aliphatic heterocycles. The molecule has 0 atom stereocenters. The van der Waals surface area contributed by atoms with Gasteiger partial charge in [-0.3, -0.25) is 4.90 Å². The first-order chi connectivity index (χ1) is 10.9. The summed E-state index contributed by atoms with van der Waals surface area (Å²) in [6.07, 6.45) is 0. The lowest BCUT2D eigenvalue weighted by Gasteiger charge is -2.26. The van der Waals surface area contributed by atoms with E-state index in [0.717, 1.165) is 43.1 Å². The van der Waals surface area contributed by atoms with Crippen molar-refractivity contribution in [2.75, 3.05) is 39.5 Å². The maximum Gasteiger partial charge on any atom is 0.414 e. The summed E-state index contributed by atoms with van der Waals surface area (Å²) < 4.78 is 11.9. The Morgan fingerprint density at radius 2 is 1.87 bits per heavy atom. The molecule has 7 nitrogen and oxygen atoms in total. The fraction of sp³-hybridized carbons (Fsp3) is 0.429. The van der Waals surface area contributed by atoms with E-state index in [2.05, 4.69) is 20.8 Å². The molecule has 1 aromatic carbocycles. The zero-order valence-electron chi connectivity index (χ0n) is 12.2. The van der Waals surface area contributed by atoms with Gasteiger partial charge in [0.15, 0.2) is 0 Å². The maximum atomic E-state index is 9.10. The largest absolute Gasteiger partial charge is 0.491 e. The molecule has 0 unspecified atom stereocenters. The average Bonchev–Trinajstić information content (AvgIpc) is 2.51. The molecule has 0 spiro atoms. The number of benzene rings is 1. The van der Waals surface area contributed by atoms with Crippen LogP contribution in [0.2, 0.25) is 5.02 Å². The lowest BCUT2D eigenvalue weighted by Crippen LogP contribution is -2.38. The van der Waals surface area contributed by atoms with Gasteiger partial charge in [0.25, 0.3) is 0 Å². The summed E-state index contributed by atoms with van der Waals surface area (Å²) in [4.78, 5) is 20.5. The van der Waals surface area contributed by atoms with Crippen LogP contribution in [0.4, 0.5) is 0 Å². The van der Waals surface area contributed by atoms with Gasteiger partial charge in [-0.2, -0.15) is 0 Å². The lowest BCUT2D eigenvalue weighted by molar-refractivity contribution is -0.159. The summed E-state index contributed by atoms with van der Waals surface area (Å²) in [5.74, 6) is -2.81. The monoisotopic (exact) mass is 409 g/mol. The molecule has 1 heterocycles. The van der Waals surface area contributed by atoms with E-state index in [9.17, 15) is 0 Å². The zero-order chi connectivity index (χ0) is 17.2. The summed E-state index contributed by atoms with van der Waals surface area (Å²) in [5.41, 5.74) is 0. The molecule has 1 aromatic rings. The number of carboxylic acids is 2. The van der Waals surface area contributed by atoms with Gasteiger partial charge in [-0.1, -0.05) is 11.6 Å². The van der Waals surface area contributed by atoms with Crippen LogP contribution in [0, 0.1) is 0 Å². The van der Waals surface area contributed by atoms with Crippen LogP contribution in [0.3, 0.4) is 0 Å². The minimum absolute atomic E-state index is 0.681. The molecule has 0 radical (unpaired) electrons. The Morgan fingerprint density at radius 3 is 2.39 bits per heavy atom. The van der Waals surface area contributed by atoms with Crippen molar-refractivity contribution < 1.29 is 29.3 Å². The van der Waals surface area contributed by atoms with Crippen LogP contribution in [0.15, 0.2) is 22.7 Å². The van der Waals surface area contributed by atoms with Crippen LogP contribution in [0.1, 0.15) is 0 Å². The molecule has 1 saturated heterocycles. The number of halogens is 2. The van der Waals surface area contributed by atoms with Crippen LogP contribution in [-0.2, 0) is 14.3 Å². The summed E-state index contributed by atoms with van der Waals surface area (Å²) >= 11 is 9.30. The highest BCUT2D eigenvalue weighted by molar-refractivity contribution is 9.10. The van der Waals surface area contributed by atoms with Crippen molar-refractivity contribution >= 4 is 39.5 Å². The predicted molar refractivity (Wildman–Crippen MR) is 87.2 cm³/mol. The molecule has 9 heteroatoms. The second kappa shape index (κ2) is 10.4. The van der Waals surface area contributed by atoms with Crippen molar-refractivity contribution in [3.05, 3.63) is 27.7 Å². The first-order valence-corrected chi connectivity index (χ1v) is 7.91. The van der Waals surface area contributed by atoms with Gasteiger partial charge in [0.1, 0.15) is 12.4 Å². The highest BCUT2D eigenvalue weighted by Gasteiger charge is 2.10. The van der Waals surface area contributed by atoms with E-state index >= 15 is 0 Å². The number of hydrogen-bond donors (Lipinski definition) is 2.